The largest absolute Gasteiger partial charge is 0.474 e. The maximum absolute atomic E-state index is 14.6. The first-order chi connectivity index (χ1) is 12.1. The molecule has 2 heterocycles. The molecule has 0 bridgehead atoms. The lowest BCUT2D eigenvalue weighted by molar-refractivity contribution is -0.142. The summed E-state index contributed by atoms with van der Waals surface area (Å²) in [6.45, 7) is 2.08. The molecule has 2 aliphatic rings. The van der Waals surface area contributed by atoms with Gasteiger partial charge in [-0.1, -0.05) is 6.07 Å². The number of thioether (sulfide) groups is 1. The number of carbonyl (C=O) groups excluding carboxylic acids is 1. The number of rotatable bonds is 4. The van der Waals surface area contributed by atoms with Gasteiger partial charge in [-0.3, -0.25) is 4.79 Å². The van der Waals surface area contributed by atoms with E-state index in [2.05, 4.69) is 10.2 Å². The summed E-state index contributed by atoms with van der Waals surface area (Å²) in [5.74, 6) is 0.974. The van der Waals surface area contributed by atoms with Crippen LogP contribution in [-0.4, -0.2) is 55.5 Å². The SMILES string of the molecule is COC(=S)NC[C@@H]1CC(c2ccc(N3CCSCC3)c(F)c2)C(=O)O1. The van der Waals surface area contributed by atoms with Gasteiger partial charge in [0.25, 0.3) is 5.17 Å². The van der Waals surface area contributed by atoms with Crippen molar-refractivity contribution in [1.82, 2.24) is 5.32 Å². The lowest BCUT2D eigenvalue weighted by atomic mass is 9.95. The van der Waals surface area contributed by atoms with E-state index in [1.165, 1.54) is 13.2 Å². The van der Waals surface area contributed by atoms with Gasteiger partial charge < -0.3 is 19.7 Å². The first-order valence-corrected chi connectivity index (χ1v) is 9.79. The average Bonchev–Trinajstić information content (AvgIpc) is 3.01. The minimum atomic E-state index is -0.441. The van der Waals surface area contributed by atoms with E-state index >= 15 is 0 Å². The van der Waals surface area contributed by atoms with E-state index in [0.29, 0.717) is 24.2 Å². The number of nitrogens with one attached hydrogen (secondary N) is 1. The molecule has 0 amide bonds. The maximum atomic E-state index is 14.6. The molecule has 5 nitrogen and oxygen atoms in total. The molecule has 1 unspecified atom stereocenters. The lowest BCUT2D eigenvalue weighted by Gasteiger charge is -2.29. The average molecular weight is 384 g/mol. The van der Waals surface area contributed by atoms with Crippen molar-refractivity contribution in [2.45, 2.75) is 18.4 Å². The third kappa shape index (κ3) is 4.36. The molecule has 0 spiro atoms. The van der Waals surface area contributed by atoms with Crippen LogP contribution in [0.2, 0.25) is 0 Å². The van der Waals surface area contributed by atoms with Crippen molar-refractivity contribution in [1.29, 1.82) is 0 Å². The number of anilines is 1. The van der Waals surface area contributed by atoms with Crippen molar-refractivity contribution in [3.63, 3.8) is 0 Å². The standard InChI is InChI=1S/C17H21FN2O3S2/c1-22-17(24)19-10-12-9-13(16(21)23-12)11-2-3-15(14(18)8-11)20-4-6-25-7-5-20/h2-3,8,12-13H,4-7,9-10H2,1H3,(H,19,24)/t12-,13?/m0/s1. The van der Waals surface area contributed by atoms with Gasteiger partial charge >= 0.3 is 5.97 Å². The summed E-state index contributed by atoms with van der Waals surface area (Å²) in [6, 6.07) is 5.08. The molecule has 0 saturated carbocycles. The number of benzene rings is 1. The van der Waals surface area contributed by atoms with Crippen molar-refractivity contribution >= 4 is 40.8 Å². The summed E-state index contributed by atoms with van der Waals surface area (Å²) >= 11 is 6.79. The van der Waals surface area contributed by atoms with Gasteiger partial charge in [0.1, 0.15) is 11.9 Å². The quantitative estimate of drug-likeness (QED) is 0.631. The summed E-state index contributed by atoms with van der Waals surface area (Å²) in [6.07, 6.45) is 0.199. The number of thiocarbonyl (C=S) groups is 1. The zero-order valence-corrected chi connectivity index (χ0v) is 15.6. The minimum absolute atomic E-state index is 0.259. The van der Waals surface area contributed by atoms with Gasteiger partial charge in [-0.2, -0.15) is 11.8 Å². The summed E-state index contributed by atoms with van der Waals surface area (Å²) in [5, 5.41) is 3.14. The van der Waals surface area contributed by atoms with E-state index in [0.717, 1.165) is 24.6 Å². The fourth-order valence-corrected chi connectivity index (χ4v) is 4.11. The Balaban J connectivity index is 1.66. The molecule has 1 aromatic carbocycles. The monoisotopic (exact) mass is 384 g/mol. The number of cyclic esters (lactones) is 1. The van der Waals surface area contributed by atoms with Crippen LogP contribution < -0.4 is 10.2 Å². The molecule has 25 heavy (non-hydrogen) atoms. The third-order valence-corrected chi connectivity index (χ3v) is 5.70. The van der Waals surface area contributed by atoms with Crippen LogP contribution in [0.3, 0.4) is 0 Å². The highest BCUT2D eigenvalue weighted by atomic mass is 32.2. The van der Waals surface area contributed by atoms with Crippen LogP contribution in [0.15, 0.2) is 18.2 Å². The Hall–Kier alpha value is -1.54. The Morgan fingerprint density at radius 1 is 1.48 bits per heavy atom. The molecule has 1 N–H and O–H groups in total. The van der Waals surface area contributed by atoms with E-state index in [1.54, 1.807) is 6.07 Å². The van der Waals surface area contributed by atoms with Crippen molar-refractivity contribution in [2.24, 2.45) is 0 Å². The molecular weight excluding hydrogens is 363 g/mol. The van der Waals surface area contributed by atoms with Crippen molar-refractivity contribution in [2.75, 3.05) is 43.1 Å². The molecule has 3 rings (SSSR count). The van der Waals surface area contributed by atoms with Gasteiger partial charge in [0.2, 0.25) is 0 Å². The lowest BCUT2D eigenvalue weighted by Crippen LogP contribution is -2.33. The van der Waals surface area contributed by atoms with Crippen LogP contribution in [0.5, 0.6) is 0 Å². The van der Waals surface area contributed by atoms with Gasteiger partial charge in [0.05, 0.1) is 25.3 Å². The molecule has 0 aromatic heterocycles. The van der Waals surface area contributed by atoms with Gasteiger partial charge in [-0.05, 0) is 29.9 Å². The van der Waals surface area contributed by atoms with Crippen molar-refractivity contribution in [3.05, 3.63) is 29.6 Å². The number of nitrogens with zero attached hydrogens (tertiary/aromatic N) is 1. The number of halogens is 1. The Kier molecular flexibility index (Phi) is 6.01. The van der Waals surface area contributed by atoms with Gasteiger partial charge in [0.15, 0.2) is 0 Å². The number of carbonyl (C=O) groups is 1. The van der Waals surface area contributed by atoms with E-state index < -0.39 is 5.92 Å². The molecule has 2 fully saturated rings. The highest BCUT2D eigenvalue weighted by Crippen LogP contribution is 2.33. The second-order valence-electron chi connectivity index (χ2n) is 6.03. The molecule has 2 atom stereocenters. The molecule has 0 radical (unpaired) electrons. The van der Waals surface area contributed by atoms with Crippen LogP contribution in [0.1, 0.15) is 17.9 Å². The molecule has 2 saturated heterocycles. The Bertz CT molecular complexity index is 653. The predicted molar refractivity (Wildman–Crippen MR) is 101 cm³/mol. The van der Waals surface area contributed by atoms with E-state index in [1.807, 2.05) is 17.8 Å². The van der Waals surface area contributed by atoms with Gasteiger partial charge in [-0.25, -0.2) is 4.39 Å². The highest BCUT2D eigenvalue weighted by molar-refractivity contribution is 7.99. The Labute approximate surface area is 156 Å². The second-order valence-corrected chi connectivity index (χ2v) is 7.63. The number of methoxy groups -OCH3 is 1. The molecule has 1 aromatic rings. The Morgan fingerprint density at radius 3 is 2.92 bits per heavy atom. The number of esters is 1. The normalized spacial score (nSPS) is 23.3. The van der Waals surface area contributed by atoms with E-state index in [4.69, 9.17) is 21.7 Å². The van der Waals surface area contributed by atoms with Crippen LogP contribution in [0.25, 0.3) is 0 Å². The van der Waals surface area contributed by atoms with Crippen LogP contribution in [0.4, 0.5) is 10.1 Å². The molecular formula is C17H21FN2O3S2. The first-order valence-electron chi connectivity index (χ1n) is 8.23. The highest BCUT2D eigenvalue weighted by Gasteiger charge is 2.36. The minimum Gasteiger partial charge on any atom is -0.474 e. The molecule has 8 heteroatoms. The zero-order valence-electron chi connectivity index (χ0n) is 14.0. The van der Waals surface area contributed by atoms with E-state index in [9.17, 15) is 9.18 Å². The molecule has 136 valence electrons. The maximum Gasteiger partial charge on any atom is 0.313 e. The topological polar surface area (TPSA) is 50.8 Å². The number of ether oxygens (including phenoxy) is 2. The van der Waals surface area contributed by atoms with Gasteiger partial charge in [-0.15, -0.1) is 0 Å². The third-order valence-electron chi connectivity index (χ3n) is 4.45. The van der Waals surface area contributed by atoms with Crippen LogP contribution in [0, 0.1) is 5.82 Å². The van der Waals surface area contributed by atoms with Crippen LogP contribution >= 0.6 is 24.0 Å². The smallest absolute Gasteiger partial charge is 0.313 e. The second kappa shape index (κ2) is 8.23. The molecule has 2 aliphatic heterocycles. The fraction of sp³-hybridized carbons (Fsp3) is 0.529. The van der Waals surface area contributed by atoms with Crippen molar-refractivity contribution in [3.8, 4) is 0 Å². The van der Waals surface area contributed by atoms with Gasteiger partial charge in [0, 0.05) is 31.0 Å². The summed E-state index contributed by atoms with van der Waals surface area (Å²) < 4.78 is 24.8. The Morgan fingerprint density at radius 2 is 2.24 bits per heavy atom. The fourth-order valence-electron chi connectivity index (χ4n) is 3.12. The first kappa shape index (κ1) is 18.3. The molecule has 0 aliphatic carbocycles. The summed E-state index contributed by atoms with van der Waals surface area (Å²) in [4.78, 5) is 14.2. The zero-order chi connectivity index (χ0) is 17.8. The summed E-state index contributed by atoms with van der Waals surface area (Å²) in [5.41, 5.74) is 1.27. The van der Waals surface area contributed by atoms with Crippen molar-refractivity contribution < 1.29 is 18.7 Å². The van der Waals surface area contributed by atoms with E-state index in [-0.39, 0.29) is 23.1 Å². The number of hydrogen-bond donors (Lipinski definition) is 1. The number of hydrogen-bond acceptors (Lipinski definition) is 6. The predicted octanol–water partition coefficient (Wildman–Crippen LogP) is 2.30. The van der Waals surface area contributed by atoms with Crippen LogP contribution in [-0.2, 0) is 14.3 Å². The summed E-state index contributed by atoms with van der Waals surface area (Å²) in [7, 11) is 1.48.